The van der Waals surface area contributed by atoms with Crippen LogP contribution in [0.2, 0.25) is 0 Å². The average molecular weight is 403 g/mol. The molecule has 0 saturated carbocycles. The first-order valence-corrected chi connectivity index (χ1v) is 9.58. The summed E-state index contributed by atoms with van der Waals surface area (Å²) in [6, 6.07) is 13.4. The van der Waals surface area contributed by atoms with Crippen LogP contribution >= 0.6 is 0 Å². The number of ether oxygens (including phenoxy) is 1. The zero-order valence-corrected chi connectivity index (χ0v) is 16.9. The quantitative estimate of drug-likeness (QED) is 0.515. The normalized spacial score (nSPS) is 12.1. The van der Waals surface area contributed by atoms with Crippen molar-refractivity contribution in [3.05, 3.63) is 65.7 Å². The van der Waals surface area contributed by atoms with Gasteiger partial charge in [-0.3, -0.25) is 9.59 Å². The third kappa shape index (κ3) is 3.71. The highest BCUT2D eigenvalue weighted by Gasteiger charge is 2.21. The molecule has 0 aliphatic heterocycles. The number of hydrogen-bond acceptors (Lipinski definition) is 6. The first-order chi connectivity index (χ1) is 14.4. The molecule has 0 fully saturated rings. The van der Waals surface area contributed by atoms with Crippen LogP contribution in [0.15, 0.2) is 48.8 Å². The molecule has 2 heterocycles. The van der Waals surface area contributed by atoms with Crippen LogP contribution in [-0.4, -0.2) is 37.6 Å². The van der Waals surface area contributed by atoms with Gasteiger partial charge in [0.05, 0.1) is 6.42 Å². The SMILES string of the molecule is Cc1nc2ncnn2c(C)c1CC(=O)O[C@H](C)C(=O)Nc1cccc2ccccc12. The molecule has 4 rings (SSSR count). The summed E-state index contributed by atoms with van der Waals surface area (Å²) in [5.41, 5.74) is 2.82. The van der Waals surface area contributed by atoms with Gasteiger partial charge in [-0.1, -0.05) is 36.4 Å². The number of fused-ring (bicyclic) bond motifs is 2. The van der Waals surface area contributed by atoms with Gasteiger partial charge in [0.2, 0.25) is 0 Å². The molecule has 8 nitrogen and oxygen atoms in total. The van der Waals surface area contributed by atoms with Gasteiger partial charge in [0, 0.05) is 28.0 Å². The van der Waals surface area contributed by atoms with Gasteiger partial charge in [-0.25, -0.2) is 9.50 Å². The predicted octanol–water partition coefficient (Wildman–Crippen LogP) is 3.01. The number of nitrogens with zero attached hydrogens (tertiary/aromatic N) is 4. The molecule has 0 unspecified atom stereocenters. The number of carbonyl (C=O) groups is 2. The summed E-state index contributed by atoms with van der Waals surface area (Å²) in [6.45, 7) is 5.20. The van der Waals surface area contributed by atoms with Gasteiger partial charge >= 0.3 is 5.97 Å². The molecule has 0 spiro atoms. The Morgan fingerprint density at radius 3 is 2.73 bits per heavy atom. The molecule has 1 N–H and O–H groups in total. The highest BCUT2D eigenvalue weighted by molar-refractivity contribution is 6.03. The first kappa shape index (κ1) is 19.5. The predicted molar refractivity (Wildman–Crippen MR) is 112 cm³/mol. The van der Waals surface area contributed by atoms with E-state index < -0.39 is 18.0 Å². The van der Waals surface area contributed by atoms with Crippen LogP contribution in [0, 0.1) is 13.8 Å². The maximum atomic E-state index is 12.6. The molecule has 0 aliphatic rings. The van der Waals surface area contributed by atoms with Gasteiger partial charge in [-0.2, -0.15) is 10.1 Å². The highest BCUT2D eigenvalue weighted by atomic mass is 16.5. The molecular formula is C22H21N5O3. The van der Waals surface area contributed by atoms with E-state index in [2.05, 4.69) is 20.4 Å². The number of amides is 1. The summed E-state index contributed by atoms with van der Waals surface area (Å²) in [4.78, 5) is 33.5. The van der Waals surface area contributed by atoms with E-state index in [4.69, 9.17) is 4.74 Å². The topological polar surface area (TPSA) is 98.5 Å². The standard InChI is InChI=1S/C22H21N5O3/c1-13-18(14(2)27-22(25-13)23-12-24-27)11-20(28)30-15(3)21(29)26-19-10-6-8-16-7-4-5-9-17(16)19/h4-10,12,15H,11H2,1-3H3,(H,26,29)/t15-/m1/s1. The molecule has 30 heavy (non-hydrogen) atoms. The summed E-state index contributed by atoms with van der Waals surface area (Å²) < 4.78 is 6.96. The number of esters is 1. The summed E-state index contributed by atoms with van der Waals surface area (Å²) in [5, 5.41) is 8.90. The molecule has 1 atom stereocenters. The number of benzene rings is 2. The van der Waals surface area contributed by atoms with Gasteiger partial charge in [0.15, 0.2) is 6.10 Å². The van der Waals surface area contributed by atoms with E-state index >= 15 is 0 Å². The molecule has 4 aromatic rings. The van der Waals surface area contributed by atoms with Crippen molar-refractivity contribution < 1.29 is 14.3 Å². The molecular weight excluding hydrogens is 382 g/mol. The monoisotopic (exact) mass is 403 g/mol. The van der Waals surface area contributed by atoms with E-state index in [0.717, 1.165) is 16.5 Å². The Morgan fingerprint density at radius 1 is 1.13 bits per heavy atom. The lowest BCUT2D eigenvalue weighted by Gasteiger charge is -2.16. The number of nitrogens with one attached hydrogen (secondary N) is 1. The van der Waals surface area contributed by atoms with E-state index in [1.165, 1.54) is 6.33 Å². The smallest absolute Gasteiger partial charge is 0.311 e. The molecule has 0 radical (unpaired) electrons. The Balaban J connectivity index is 1.45. The van der Waals surface area contributed by atoms with Crippen molar-refractivity contribution in [2.24, 2.45) is 0 Å². The van der Waals surface area contributed by atoms with Crippen LogP contribution in [0.3, 0.4) is 0 Å². The minimum Gasteiger partial charge on any atom is -0.452 e. The second-order valence-corrected chi connectivity index (χ2v) is 7.06. The molecule has 152 valence electrons. The van der Waals surface area contributed by atoms with Crippen molar-refractivity contribution in [1.29, 1.82) is 0 Å². The van der Waals surface area contributed by atoms with E-state index in [-0.39, 0.29) is 6.42 Å². The van der Waals surface area contributed by atoms with E-state index in [1.807, 2.05) is 49.4 Å². The highest BCUT2D eigenvalue weighted by Crippen LogP contribution is 2.23. The minimum atomic E-state index is -0.944. The number of hydrogen-bond donors (Lipinski definition) is 1. The van der Waals surface area contributed by atoms with Gasteiger partial charge in [-0.05, 0) is 32.2 Å². The fourth-order valence-corrected chi connectivity index (χ4v) is 3.42. The summed E-state index contributed by atoms with van der Waals surface area (Å²) in [5.74, 6) is -0.425. The van der Waals surface area contributed by atoms with Gasteiger partial charge in [-0.15, -0.1) is 0 Å². The van der Waals surface area contributed by atoms with Crippen molar-refractivity contribution in [2.45, 2.75) is 33.3 Å². The minimum absolute atomic E-state index is 0.00759. The lowest BCUT2D eigenvalue weighted by atomic mass is 10.1. The molecule has 2 aromatic carbocycles. The van der Waals surface area contributed by atoms with Crippen LogP contribution < -0.4 is 5.32 Å². The van der Waals surface area contributed by atoms with Gasteiger partial charge < -0.3 is 10.1 Å². The van der Waals surface area contributed by atoms with Crippen molar-refractivity contribution >= 4 is 34.1 Å². The van der Waals surface area contributed by atoms with Gasteiger partial charge in [0.25, 0.3) is 11.7 Å². The fraction of sp³-hybridized carbons (Fsp3) is 0.227. The maximum Gasteiger partial charge on any atom is 0.311 e. The Morgan fingerprint density at radius 2 is 1.90 bits per heavy atom. The maximum absolute atomic E-state index is 12.6. The second kappa shape index (κ2) is 7.90. The fourth-order valence-electron chi connectivity index (χ4n) is 3.42. The first-order valence-electron chi connectivity index (χ1n) is 9.58. The molecule has 0 saturated heterocycles. The van der Waals surface area contributed by atoms with Crippen molar-refractivity contribution in [3.8, 4) is 0 Å². The Labute approximate surface area is 172 Å². The van der Waals surface area contributed by atoms with E-state index in [9.17, 15) is 9.59 Å². The zero-order chi connectivity index (χ0) is 21.3. The molecule has 0 aliphatic carbocycles. The van der Waals surface area contributed by atoms with Crippen LogP contribution in [-0.2, 0) is 20.7 Å². The Hall–Kier alpha value is -3.81. The number of rotatable bonds is 5. The zero-order valence-electron chi connectivity index (χ0n) is 16.9. The number of anilines is 1. The Kier molecular flexibility index (Phi) is 5.14. The number of aromatic nitrogens is 4. The van der Waals surface area contributed by atoms with Crippen molar-refractivity contribution in [2.75, 3.05) is 5.32 Å². The average Bonchev–Trinajstić information content (AvgIpc) is 3.20. The lowest BCUT2D eigenvalue weighted by molar-refractivity contribution is -0.152. The van der Waals surface area contributed by atoms with Crippen LogP contribution in [0.4, 0.5) is 5.69 Å². The molecule has 1 amide bonds. The van der Waals surface area contributed by atoms with E-state index in [1.54, 1.807) is 18.4 Å². The molecule has 0 bridgehead atoms. The number of carbonyl (C=O) groups excluding carboxylic acids is 2. The third-order valence-corrected chi connectivity index (χ3v) is 5.03. The second-order valence-electron chi connectivity index (χ2n) is 7.06. The summed E-state index contributed by atoms with van der Waals surface area (Å²) in [7, 11) is 0. The lowest BCUT2D eigenvalue weighted by Crippen LogP contribution is -2.30. The largest absolute Gasteiger partial charge is 0.452 e. The van der Waals surface area contributed by atoms with Crippen molar-refractivity contribution in [3.63, 3.8) is 0 Å². The summed E-state index contributed by atoms with van der Waals surface area (Å²) >= 11 is 0. The van der Waals surface area contributed by atoms with Crippen LogP contribution in [0.1, 0.15) is 23.9 Å². The Bertz CT molecular complexity index is 1260. The van der Waals surface area contributed by atoms with Crippen molar-refractivity contribution in [1.82, 2.24) is 19.6 Å². The van der Waals surface area contributed by atoms with Gasteiger partial charge in [0.1, 0.15) is 6.33 Å². The van der Waals surface area contributed by atoms with Crippen LogP contribution in [0.25, 0.3) is 16.6 Å². The molecule has 8 heteroatoms. The summed E-state index contributed by atoms with van der Waals surface area (Å²) in [6.07, 6.45) is 0.461. The number of aryl methyl sites for hydroxylation is 2. The van der Waals surface area contributed by atoms with E-state index in [0.29, 0.717) is 22.7 Å². The third-order valence-electron chi connectivity index (χ3n) is 5.03. The molecule has 2 aromatic heterocycles. The van der Waals surface area contributed by atoms with Crippen LogP contribution in [0.5, 0.6) is 0 Å².